The van der Waals surface area contributed by atoms with E-state index in [1.54, 1.807) is 45.9 Å². The van der Waals surface area contributed by atoms with Crippen LogP contribution in [0, 0.1) is 5.92 Å². The predicted molar refractivity (Wildman–Crippen MR) is 115 cm³/mol. The Balaban J connectivity index is 2.32. The minimum absolute atomic E-state index is 0.114. The zero-order valence-electron chi connectivity index (χ0n) is 17.9. The Labute approximate surface area is 177 Å². The molecular weight excluding hydrogens is 406 g/mol. The number of benzene rings is 2. The molecule has 0 saturated carbocycles. The Morgan fingerprint density at radius 1 is 1.13 bits per heavy atom. The number of ether oxygens (including phenoxy) is 1. The monoisotopic (exact) mass is 435 g/mol. The number of nitrogens with one attached hydrogen (secondary N) is 1. The molecule has 0 radical (unpaired) electrons. The predicted octanol–water partition coefficient (Wildman–Crippen LogP) is 3.17. The first kappa shape index (κ1) is 23.6. The van der Waals surface area contributed by atoms with Crippen LogP contribution in [0.25, 0.3) is 10.8 Å². The molecule has 0 aliphatic carbocycles. The van der Waals surface area contributed by atoms with Gasteiger partial charge in [0, 0.05) is 0 Å². The summed E-state index contributed by atoms with van der Waals surface area (Å²) >= 11 is 0. The molecule has 164 valence electrons. The van der Waals surface area contributed by atoms with Gasteiger partial charge in [-0.05, 0) is 49.6 Å². The zero-order chi connectivity index (χ0) is 22.7. The molecule has 2 aromatic carbocycles. The number of carbonyl (C=O) groups is 2. The maximum Gasteiger partial charge on any atom is 0.408 e. The van der Waals surface area contributed by atoms with Crippen molar-refractivity contribution in [2.24, 2.45) is 11.8 Å². The van der Waals surface area contributed by atoms with Gasteiger partial charge in [0.2, 0.25) is 0 Å². The molecule has 0 spiro atoms. The summed E-state index contributed by atoms with van der Waals surface area (Å²) in [6.07, 6.45) is -0.312. The maximum atomic E-state index is 13.0. The van der Waals surface area contributed by atoms with Crippen molar-refractivity contribution >= 4 is 32.8 Å². The minimum Gasteiger partial charge on any atom is -0.444 e. The fourth-order valence-electron chi connectivity index (χ4n) is 2.81. The van der Waals surface area contributed by atoms with E-state index >= 15 is 0 Å². The molecule has 30 heavy (non-hydrogen) atoms. The molecule has 0 saturated heterocycles. The lowest BCUT2D eigenvalue weighted by molar-refractivity contribution is -0.130. The summed E-state index contributed by atoms with van der Waals surface area (Å²) in [6, 6.07) is 10.6. The Bertz CT molecular complexity index is 1030. The molecule has 2 amide bonds. The summed E-state index contributed by atoms with van der Waals surface area (Å²) in [5.74, 6) is 4.46. The van der Waals surface area contributed by atoms with Crippen LogP contribution in [0.1, 0.15) is 41.0 Å². The van der Waals surface area contributed by atoms with E-state index in [4.69, 9.17) is 10.6 Å². The molecule has 0 heterocycles. The van der Waals surface area contributed by atoms with Crippen LogP contribution in [0.5, 0.6) is 0 Å². The molecule has 2 atom stereocenters. The topological polar surface area (TPSA) is 119 Å². The molecule has 9 heteroatoms. The second kappa shape index (κ2) is 9.01. The highest BCUT2D eigenvalue weighted by molar-refractivity contribution is 7.89. The fraction of sp³-hybridized carbons (Fsp3) is 0.429. The van der Waals surface area contributed by atoms with E-state index in [-0.39, 0.29) is 15.2 Å². The van der Waals surface area contributed by atoms with Crippen LogP contribution < -0.4 is 11.2 Å². The molecule has 3 N–H and O–H groups in total. The number of carbonyl (C=O) groups excluding carboxylic acids is 2. The van der Waals surface area contributed by atoms with Crippen LogP contribution in [0.2, 0.25) is 0 Å². The second-order valence-corrected chi connectivity index (χ2v) is 9.97. The Morgan fingerprint density at radius 2 is 1.73 bits per heavy atom. The molecule has 8 nitrogen and oxygen atoms in total. The van der Waals surface area contributed by atoms with Crippen LogP contribution in [0.4, 0.5) is 4.79 Å². The molecule has 0 aromatic heterocycles. The van der Waals surface area contributed by atoms with Crippen molar-refractivity contribution in [3.63, 3.8) is 0 Å². The largest absolute Gasteiger partial charge is 0.444 e. The number of nitrogens with two attached hydrogens (primary N) is 1. The average molecular weight is 436 g/mol. The lowest BCUT2D eigenvalue weighted by Gasteiger charge is -2.28. The minimum atomic E-state index is -4.32. The number of alkyl carbamates (subject to hydrolysis) is 1. The van der Waals surface area contributed by atoms with Crippen molar-refractivity contribution < 1.29 is 22.7 Å². The van der Waals surface area contributed by atoms with Gasteiger partial charge in [0.15, 0.2) is 0 Å². The van der Waals surface area contributed by atoms with Gasteiger partial charge >= 0.3 is 6.09 Å². The Hall–Kier alpha value is -2.65. The summed E-state index contributed by atoms with van der Waals surface area (Å²) in [5.41, 5.74) is -0.771. The van der Waals surface area contributed by atoms with Crippen LogP contribution in [-0.2, 0) is 19.6 Å². The van der Waals surface area contributed by atoms with Crippen LogP contribution in [0.15, 0.2) is 47.4 Å². The Morgan fingerprint density at radius 3 is 2.30 bits per heavy atom. The van der Waals surface area contributed by atoms with Gasteiger partial charge < -0.3 is 10.1 Å². The number of sulfonamides is 1. The van der Waals surface area contributed by atoms with Crippen molar-refractivity contribution in [3.05, 3.63) is 42.5 Å². The van der Waals surface area contributed by atoms with Crippen LogP contribution >= 0.6 is 0 Å². The molecular formula is C21H29N3O5S. The molecule has 0 unspecified atom stereocenters. The molecule has 0 aliphatic heterocycles. The summed E-state index contributed by atoms with van der Waals surface area (Å²) in [6.45, 7) is 8.60. The first-order valence-corrected chi connectivity index (χ1v) is 11.1. The van der Waals surface area contributed by atoms with E-state index in [1.165, 1.54) is 12.1 Å². The highest BCUT2D eigenvalue weighted by Gasteiger charge is 2.36. The van der Waals surface area contributed by atoms with Crippen molar-refractivity contribution in [2.75, 3.05) is 0 Å². The van der Waals surface area contributed by atoms with Gasteiger partial charge in [-0.15, -0.1) is 0 Å². The number of amides is 2. The van der Waals surface area contributed by atoms with Crippen LogP contribution in [0.3, 0.4) is 0 Å². The summed E-state index contributed by atoms with van der Waals surface area (Å²) in [4.78, 5) is 25.1. The lowest BCUT2D eigenvalue weighted by Crippen LogP contribution is -2.56. The van der Waals surface area contributed by atoms with Gasteiger partial charge in [0.05, 0.1) is 4.90 Å². The molecule has 2 aromatic rings. The SMILES string of the molecule is CC[C@H](C)[C@H](NC(=O)OC(C)(C)C)C(=O)N(N)S(=O)(=O)c1ccc2ccccc2c1. The zero-order valence-corrected chi connectivity index (χ0v) is 18.7. The lowest BCUT2D eigenvalue weighted by atomic mass is 9.99. The van der Waals surface area contributed by atoms with Gasteiger partial charge in [-0.1, -0.05) is 50.6 Å². The number of hydrogen-bond donors (Lipinski definition) is 2. The molecule has 0 bridgehead atoms. The molecule has 2 rings (SSSR count). The van der Waals surface area contributed by atoms with E-state index in [1.807, 2.05) is 19.1 Å². The molecule has 0 aliphatic rings. The van der Waals surface area contributed by atoms with Crippen molar-refractivity contribution in [3.8, 4) is 0 Å². The number of hydrazine groups is 1. The third-order valence-corrected chi connectivity index (χ3v) is 6.19. The number of rotatable bonds is 6. The highest BCUT2D eigenvalue weighted by Crippen LogP contribution is 2.22. The standard InChI is InChI=1S/C21H29N3O5S/c1-6-14(2)18(23-20(26)29-21(3,4)5)19(25)24(22)30(27,28)17-12-11-15-9-7-8-10-16(15)13-17/h7-14,18H,6,22H2,1-5H3,(H,23,26)/t14-,18-/m0/s1. The molecule has 0 fully saturated rings. The quantitative estimate of drug-likeness (QED) is 0.409. The first-order valence-electron chi connectivity index (χ1n) is 9.69. The average Bonchev–Trinajstić information content (AvgIpc) is 2.68. The normalized spacial score (nSPS) is 14.1. The number of nitrogens with zero attached hydrogens (tertiary/aromatic N) is 1. The Kier molecular flexibility index (Phi) is 7.10. The first-order chi connectivity index (χ1) is 13.9. The summed E-state index contributed by atoms with van der Waals surface area (Å²) in [5, 5.41) is 4.02. The summed E-state index contributed by atoms with van der Waals surface area (Å²) < 4.78 is 31.4. The number of hydrogen-bond acceptors (Lipinski definition) is 6. The van der Waals surface area contributed by atoms with E-state index in [9.17, 15) is 18.0 Å². The third-order valence-electron chi connectivity index (χ3n) is 4.65. The van der Waals surface area contributed by atoms with Gasteiger partial charge in [-0.25, -0.2) is 10.6 Å². The third kappa shape index (κ3) is 5.48. The van der Waals surface area contributed by atoms with E-state index in [0.717, 1.165) is 5.39 Å². The van der Waals surface area contributed by atoms with Gasteiger partial charge in [-0.3, -0.25) is 4.79 Å². The van der Waals surface area contributed by atoms with Gasteiger partial charge in [0.1, 0.15) is 11.6 Å². The van der Waals surface area contributed by atoms with Crippen molar-refractivity contribution in [1.82, 2.24) is 9.73 Å². The second-order valence-electron chi connectivity index (χ2n) is 8.16. The fourth-order valence-corrected chi connectivity index (χ4v) is 3.91. The van der Waals surface area contributed by atoms with Crippen molar-refractivity contribution in [2.45, 2.75) is 57.6 Å². The van der Waals surface area contributed by atoms with Gasteiger partial charge in [-0.2, -0.15) is 12.8 Å². The highest BCUT2D eigenvalue weighted by atomic mass is 32.2. The smallest absolute Gasteiger partial charge is 0.408 e. The van der Waals surface area contributed by atoms with Crippen molar-refractivity contribution in [1.29, 1.82) is 0 Å². The maximum absolute atomic E-state index is 13.0. The van der Waals surface area contributed by atoms with E-state index in [2.05, 4.69) is 5.32 Å². The van der Waals surface area contributed by atoms with E-state index in [0.29, 0.717) is 11.8 Å². The summed E-state index contributed by atoms with van der Waals surface area (Å²) in [7, 11) is -4.32. The van der Waals surface area contributed by atoms with Crippen LogP contribution in [-0.4, -0.2) is 36.5 Å². The number of fused-ring (bicyclic) bond motifs is 1. The van der Waals surface area contributed by atoms with Gasteiger partial charge in [0.25, 0.3) is 15.9 Å². The van der Waals surface area contributed by atoms with E-state index < -0.39 is 33.7 Å².